The second-order valence-electron chi connectivity index (χ2n) is 5.59. The van der Waals surface area contributed by atoms with Crippen LogP contribution in [0.2, 0.25) is 0 Å². The highest BCUT2D eigenvalue weighted by Gasteiger charge is 2.31. The standard InChI is InChI=1S/C19H12F2N2O2/c1-10-17(12-4-2-3-5-16(12)23-10)19(25)13(9-22)18(24)11-6-7-14(20)15(21)8-11/h2-8,13,23H,1H3/t13-/m0/s1. The van der Waals surface area contributed by atoms with E-state index in [1.165, 1.54) is 0 Å². The van der Waals surface area contributed by atoms with Crippen LogP contribution in [-0.2, 0) is 0 Å². The normalized spacial score (nSPS) is 11.9. The van der Waals surface area contributed by atoms with Gasteiger partial charge >= 0.3 is 0 Å². The number of nitrogens with one attached hydrogen (secondary N) is 1. The largest absolute Gasteiger partial charge is 0.358 e. The highest BCUT2D eigenvalue weighted by atomic mass is 19.2. The summed E-state index contributed by atoms with van der Waals surface area (Å²) in [5.41, 5.74) is 1.26. The van der Waals surface area contributed by atoms with E-state index >= 15 is 0 Å². The van der Waals surface area contributed by atoms with Gasteiger partial charge in [0, 0.05) is 27.7 Å². The third-order valence-electron chi connectivity index (χ3n) is 4.00. The number of carbonyl (C=O) groups excluding carboxylic acids is 2. The molecule has 1 aromatic heterocycles. The number of carbonyl (C=O) groups is 2. The Hall–Kier alpha value is -3.33. The number of benzene rings is 2. The highest BCUT2D eigenvalue weighted by Crippen LogP contribution is 2.26. The van der Waals surface area contributed by atoms with E-state index in [4.69, 9.17) is 0 Å². The number of rotatable bonds is 4. The van der Waals surface area contributed by atoms with Crippen molar-refractivity contribution in [2.75, 3.05) is 0 Å². The van der Waals surface area contributed by atoms with Crippen LogP contribution in [0, 0.1) is 35.8 Å². The Bertz CT molecular complexity index is 1050. The summed E-state index contributed by atoms with van der Waals surface area (Å²) in [5.74, 6) is -5.49. The Morgan fingerprint density at radius 3 is 2.48 bits per heavy atom. The first-order valence-electron chi connectivity index (χ1n) is 7.44. The van der Waals surface area contributed by atoms with E-state index in [1.807, 2.05) is 0 Å². The molecule has 0 saturated carbocycles. The summed E-state index contributed by atoms with van der Waals surface area (Å²) < 4.78 is 26.4. The highest BCUT2D eigenvalue weighted by molar-refractivity contribution is 6.22. The number of aromatic nitrogens is 1. The number of H-pyrrole nitrogens is 1. The number of Topliss-reactive ketones (excluding diaryl/α,β-unsaturated/α-hetero) is 2. The van der Waals surface area contributed by atoms with Crippen molar-refractivity contribution in [3.63, 3.8) is 0 Å². The summed E-state index contributed by atoms with van der Waals surface area (Å²) in [6.45, 7) is 1.67. The zero-order valence-corrected chi connectivity index (χ0v) is 13.1. The maximum Gasteiger partial charge on any atom is 0.190 e. The molecule has 1 N–H and O–H groups in total. The van der Waals surface area contributed by atoms with Crippen molar-refractivity contribution in [1.82, 2.24) is 4.98 Å². The lowest BCUT2D eigenvalue weighted by atomic mass is 9.90. The van der Waals surface area contributed by atoms with Crippen molar-refractivity contribution in [2.45, 2.75) is 6.92 Å². The van der Waals surface area contributed by atoms with Crippen LogP contribution < -0.4 is 0 Å². The minimum atomic E-state index is -1.64. The molecular formula is C19H12F2N2O2. The van der Waals surface area contributed by atoms with Crippen molar-refractivity contribution < 1.29 is 18.4 Å². The number of hydrogen-bond donors (Lipinski definition) is 1. The molecule has 0 fully saturated rings. The zero-order chi connectivity index (χ0) is 18.1. The maximum atomic E-state index is 13.4. The molecule has 0 saturated heterocycles. The fourth-order valence-corrected chi connectivity index (χ4v) is 2.79. The number of fused-ring (bicyclic) bond motifs is 1. The number of aryl methyl sites for hydroxylation is 1. The van der Waals surface area contributed by atoms with Crippen molar-refractivity contribution in [2.24, 2.45) is 5.92 Å². The minimum Gasteiger partial charge on any atom is -0.358 e. The average molecular weight is 338 g/mol. The molecule has 0 aliphatic rings. The van der Waals surface area contributed by atoms with Gasteiger partial charge in [-0.05, 0) is 31.2 Å². The number of nitriles is 1. The molecule has 3 aromatic rings. The van der Waals surface area contributed by atoms with E-state index in [0.717, 1.165) is 12.1 Å². The molecule has 0 aliphatic carbocycles. The second-order valence-corrected chi connectivity index (χ2v) is 5.59. The fraction of sp³-hybridized carbons (Fsp3) is 0.105. The van der Waals surface area contributed by atoms with Crippen molar-refractivity contribution in [3.8, 4) is 6.07 Å². The molecule has 6 heteroatoms. The molecule has 25 heavy (non-hydrogen) atoms. The van der Waals surface area contributed by atoms with Gasteiger partial charge < -0.3 is 4.98 Å². The van der Waals surface area contributed by atoms with Gasteiger partial charge in [-0.25, -0.2) is 8.78 Å². The number of nitrogens with zero attached hydrogens (tertiary/aromatic N) is 1. The second kappa shape index (κ2) is 6.29. The molecule has 0 unspecified atom stereocenters. The molecule has 1 atom stereocenters. The monoisotopic (exact) mass is 338 g/mol. The van der Waals surface area contributed by atoms with Crippen molar-refractivity contribution >= 4 is 22.5 Å². The van der Waals surface area contributed by atoms with Crippen LogP contribution in [0.1, 0.15) is 26.4 Å². The first-order chi connectivity index (χ1) is 11.9. The smallest absolute Gasteiger partial charge is 0.190 e. The predicted molar refractivity (Wildman–Crippen MR) is 87.2 cm³/mol. The topological polar surface area (TPSA) is 73.7 Å². The average Bonchev–Trinajstić information content (AvgIpc) is 2.93. The Labute approximate surface area is 141 Å². The SMILES string of the molecule is Cc1[nH]c2ccccc2c1C(=O)[C@@H](C#N)C(=O)c1ccc(F)c(F)c1. The summed E-state index contributed by atoms with van der Waals surface area (Å²) >= 11 is 0. The summed E-state index contributed by atoms with van der Waals surface area (Å²) in [7, 11) is 0. The maximum absolute atomic E-state index is 13.4. The Balaban J connectivity index is 2.04. The molecule has 3 rings (SSSR count). The van der Waals surface area contributed by atoms with Gasteiger partial charge in [0.15, 0.2) is 29.1 Å². The molecule has 0 aliphatic heterocycles. The molecule has 1 heterocycles. The lowest BCUT2D eigenvalue weighted by Gasteiger charge is -2.08. The summed E-state index contributed by atoms with van der Waals surface area (Å²) in [6, 6.07) is 11.2. The molecule has 124 valence electrons. The first-order valence-corrected chi connectivity index (χ1v) is 7.44. The summed E-state index contributed by atoms with van der Waals surface area (Å²) in [6.07, 6.45) is 0. The third-order valence-corrected chi connectivity index (χ3v) is 4.00. The number of aromatic amines is 1. The van der Waals surface area contributed by atoms with Crippen LogP contribution in [-0.4, -0.2) is 16.6 Å². The predicted octanol–water partition coefficient (Wildman–Crippen LogP) is 3.96. The van der Waals surface area contributed by atoms with Crippen LogP contribution in [0.5, 0.6) is 0 Å². The molecule has 0 bridgehead atoms. The quantitative estimate of drug-likeness (QED) is 0.578. The van der Waals surface area contributed by atoms with E-state index in [2.05, 4.69) is 4.98 Å². The molecular weight excluding hydrogens is 326 g/mol. The summed E-state index contributed by atoms with van der Waals surface area (Å²) in [4.78, 5) is 28.3. The van der Waals surface area contributed by atoms with Gasteiger partial charge in [-0.1, -0.05) is 18.2 Å². The Morgan fingerprint density at radius 2 is 1.80 bits per heavy atom. The van der Waals surface area contributed by atoms with Crippen molar-refractivity contribution in [3.05, 3.63) is 70.9 Å². The van der Waals surface area contributed by atoms with Gasteiger partial charge in [0.1, 0.15) is 0 Å². The van der Waals surface area contributed by atoms with Crippen molar-refractivity contribution in [1.29, 1.82) is 5.26 Å². The van der Waals surface area contributed by atoms with E-state index in [-0.39, 0.29) is 11.1 Å². The lowest BCUT2D eigenvalue weighted by molar-refractivity contribution is 0.0846. The number of hydrogen-bond acceptors (Lipinski definition) is 3. The van der Waals surface area contributed by atoms with E-state index in [0.29, 0.717) is 22.7 Å². The van der Waals surface area contributed by atoms with Crippen LogP contribution >= 0.6 is 0 Å². The fourth-order valence-electron chi connectivity index (χ4n) is 2.79. The lowest BCUT2D eigenvalue weighted by Crippen LogP contribution is -2.23. The number of halogens is 2. The van der Waals surface area contributed by atoms with Crippen LogP contribution in [0.25, 0.3) is 10.9 Å². The van der Waals surface area contributed by atoms with Gasteiger partial charge in [-0.2, -0.15) is 5.26 Å². The van der Waals surface area contributed by atoms with E-state index < -0.39 is 29.1 Å². The minimum absolute atomic E-state index is 0.226. The Kier molecular flexibility index (Phi) is 4.15. The van der Waals surface area contributed by atoms with E-state index in [9.17, 15) is 23.6 Å². The van der Waals surface area contributed by atoms with Crippen LogP contribution in [0.15, 0.2) is 42.5 Å². The molecule has 4 nitrogen and oxygen atoms in total. The summed E-state index contributed by atoms with van der Waals surface area (Å²) in [5, 5.41) is 9.94. The van der Waals surface area contributed by atoms with Gasteiger partial charge in [-0.3, -0.25) is 9.59 Å². The van der Waals surface area contributed by atoms with Crippen LogP contribution in [0.4, 0.5) is 8.78 Å². The molecule has 0 amide bonds. The first kappa shape index (κ1) is 16.5. The molecule has 0 spiro atoms. The molecule has 0 radical (unpaired) electrons. The molecule has 2 aromatic carbocycles. The van der Waals surface area contributed by atoms with Gasteiger partial charge in [-0.15, -0.1) is 0 Å². The van der Waals surface area contributed by atoms with Gasteiger partial charge in [0.05, 0.1) is 6.07 Å². The third kappa shape index (κ3) is 2.81. The van der Waals surface area contributed by atoms with Gasteiger partial charge in [0.25, 0.3) is 0 Å². The van der Waals surface area contributed by atoms with E-state index in [1.54, 1.807) is 37.3 Å². The number of ketones is 2. The zero-order valence-electron chi connectivity index (χ0n) is 13.1. The van der Waals surface area contributed by atoms with Gasteiger partial charge in [0.2, 0.25) is 0 Å². The van der Waals surface area contributed by atoms with Crippen LogP contribution in [0.3, 0.4) is 0 Å². The number of para-hydroxylation sites is 1. The Morgan fingerprint density at radius 1 is 1.08 bits per heavy atom.